The van der Waals surface area contributed by atoms with E-state index in [1.54, 1.807) is 14.0 Å². The zero-order chi connectivity index (χ0) is 14.8. The van der Waals surface area contributed by atoms with E-state index < -0.39 is 10.0 Å². The lowest BCUT2D eigenvalue weighted by molar-refractivity contribution is 0.219. The van der Waals surface area contributed by atoms with Crippen molar-refractivity contribution >= 4 is 10.0 Å². The Balaban J connectivity index is 2.24. The Kier molecular flexibility index (Phi) is 4.59. The molecule has 0 radical (unpaired) electrons. The molecule has 1 aromatic heterocycles. The van der Waals surface area contributed by atoms with Crippen LogP contribution in [0.15, 0.2) is 16.7 Å². The Morgan fingerprint density at radius 1 is 1.55 bits per heavy atom. The number of nitrogens with one attached hydrogen (secondary N) is 1. The van der Waals surface area contributed by atoms with Crippen LogP contribution in [0, 0.1) is 6.92 Å². The number of rotatable bonds is 5. The summed E-state index contributed by atoms with van der Waals surface area (Å²) in [6.07, 6.45) is 2.57. The molecule has 0 aliphatic carbocycles. The Bertz CT molecular complexity index is 606. The van der Waals surface area contributed by atoms with Crippen LogP contribution in [-0.4, -0.2) is 49.7 Å². The van der Waals surface area contributed by atoms with Gasteiger partial charge in [0.1, 0.15) is 0 Å². The van der Waals surface area contributed by atoms with Crippen LogP contribution < -0.4 is 5.73 Å². The monoisotopic (exact) mass is 300 g/mol. The van der Waals surface area contributed by atoms with Crippen molar-refractivity contribution in [3.63, 3.8) is 0 Å². The number of H-pyrrole nitrogens is 1. The first kappa shape index (κ1) is 15.2. The lowest BCUT2D eigenvalue weighted by atomic mass is 10.1. The molecule has 0 amide bonds. The molecule has 112 valence electrons. The quantitative estimate of drug-likeness (QED) is 0.753. The molecular formula is C12H20N4O3S. The second-order valence-electron chi connectivity index (χ2n) is 4.74. The molecule has 0 bridgehead atoms. The van der Waals surface area contributed by atoms with Crippen molar-refractivity contribution in [2.45, 2.75) is 24.9 Å². The lowest BCUT2D eigenvalue weighted by Gasteiger charge is -2.25. The number of aryl methyl sites for hydroxylation is 1. The first-order valence-electron chi connectivity index (χ1n) is 6.41. The third-order valence-electron chi connectivity index (χ3n) is 3.42. The SMILES string of the molecule is COCC1=CCN(S(=O)(=O)c2n[nH]c(C)c2CN)CC1. The number of nitrogens with zero attached hydrogens (tertiary/aromatic N) is 2. The summed E-state index contributed by atoms with van der Waals surface area (Å²) in [5.74, 6) is 0. The molecule has 0 aromatic carbocycles. The number of nitrogens with two attached hydrogens (primary N) is 1. The number of ether oxygens (including phenoxy) is 1. The van der Waals surface area contributed by atoms with Crippen molar-refractivity contribution in [1.29, 1.82) is 0 Å². The van der Waals surface area contributed by atoms with Crippen molar-refractivity contribution in [3.8, 4) is 0 Å². The molecule has 0 atom stereocenters. The van der Waals surface area contributed by atoms with E-state index in [-0.39, 0.29) is 11.6 Å². The molecular weight excluding hydrogens is 280 g/mol. The van der Waals surface area contributed by atoms with Crippen LogP contribution >= 0.6 is 0 Å². The summed E-state index contributed by atoms with van der Waals surface area (Å²) in [6, 6.07) is 0. The Labute approximate surface area is 118 Å². The Morgan fingerprint density at radius 3 is 2.85 bits per heavy atom. The van der Waals surface area contributed by atoms with Gasteiger partial charge in [-0.05, 0) is 18.9 Å². The Morgan fingerprint density at radius 2 is 2.30 bits per heavy atom. The Hall–Kier alpha value is -1.22. The molecule has 1 aliphatic rings. The second kappa shape index (κ2) is 6.04. The fourth-order valence-corrected chi connectivity index (χ4v) is 3.79. The van der Waals surface area contributed by atoms with Crippen molar-refractivity contribution < 1.29 is 13.2 Å². The fourth-order valence-electron chi connectivity index (χ4n) is 2.23. The molecule has 0 spiro atoms. The summed E-state index contributed by atoms with van der Waals surface area (Å²) in [4.78, 5) is 0. The molecule has 8 heteroatoms. The predicted octanol–water partition coefficient (Wildman–Crippen LogP) is 0.144. The zero-order valence-electron chi connectivity index (χ0n) is 11.7. The van der Waals surface area contributed by atoms with Gasteiger partial charge < -0.3 is 10.5 Å². The topological polar surface area (TPSA) is 101 Å². The highest BCUT2D eigenvalue weighted by molar-refractivity contribution is 7.89. The van der Waals surface area contributed by atoms with Crippen LogP contribution in [-0.2, 0) is 21.3 Å². The number of hydrogen-bond donors (Lipinski definition) is 2. The molecule has 0 fully saturated rings. The van der Waals surface area contributed by atoms with E-state index in [9.17, 15) is 8.42 Å². The molecule has 0 saturated heterocycles. The summed E-state index contributed by atoms with van der Waals surface area (Å²) in [5.41, 5.74) is 7.98. The van der Waals surface area contributed by atoms with Crippen LogP contribution in [0.3, 0.4) is 0 Å². The molecule has 3 N–H and O–H groups in total. The van der Waals surface area contributed by atoms with E-state index in [0.29, 0.717) is 37.4 Å². The number of hydrogen-bond acceptors (Lipinski definition) is 5. The summed E-state index contributed by atoms with van der Waals surface area (Å²) >= 11 is 0. The van der Waals surface area contributed by atoms with Gasteiger partial charge in [0.15, 0.2) is 5.03 Å². The van der Waals surface area contributed by atoms with Crippen LogP contribution in [0.5, 0.6) is 0 Å². The molecule has 0 saturated carbocycles. The highest BCUT2D eigenvalue weighted by Gasteiger charge is 2.30. The molecule has 2 rings (SSSR count). The second-order valence-corrected chi connectivity index (χ2v) is 6.60. The highest BCUT2D eigenvalue weighted by Crippen LogP contribution is 2.23. The van der Waals surface area contributed by atoms with Gasteiger partial charge in [0.25, 0.3) is 10.0 Å². The molecule has 2 heterocycles. The van der Waals surface area contributed by atoms with E-state index in [2.05, 4.69) is 10.2 Å². The summed E-state index contributed by atoms with van der Waals surface area (Å²) in [5, 5.41) is 6.64. The highest BCUT2D eigenvalue weighted by atomic mass is 32.2. The van der Waals surface area contributed by atoms with Gasteiger partial charge in [-0.2, -0.15) is 9.40 Å². The van der Waals surface area contributed by atoms with Gasteiger partial charge in [0.05, 0.1) is 6.61 Å². The van der Waals surface area contributed by atoms with Gasteiger partial charge in [-0.25, -0.2) is 8.42 Å². The largest absolute Gasteiger partial charge is 0.380 e. The minimum absolute atomic E-state index is 0.0427. The van der Waals surface area contributed by atoms with Gasteiger partial charge >= 0.3 is 0 Å². The van der Waals surface area contributed by atoms with Crippen LogP contribution in [0.2, 0.25) is 0 Å². The van der Waals surface area contributed by atoms with Crippen LogP contribution in [0.1, 0.15) is 17.7 Å². The van der Waals surface area contributed by atoms with Crippen LogP contribution in [0.4, 0.5) is 0 Å². The third kappa shape index (κ3) is 2.78. The van der Waals surface area contributed by atoms with Crippen LogP contribution in [0.25, 0.3) is 0 Å². The van der Waals surface area contributed by atoms with Crippen molar-refractivity contribution in [2.24, 2.45) is 5.73 Å². The summed E-state index contributed by atoms with van der Waals surface area (Å²) in [6.45, 7) is 3.24. The average Bonchev–Trinajstić information content (AvgIpc) is 2.81. The van der Waals surface area contributed by atoms with E-state index in [0.717, 1.165) is 5.57 Å². The van der Waals surface area contributed by atoms with Gasteiger partial charge in [0, 0.05) is 38.0 Å². The summed E-state index contributed by atoms with van der Waals surface area (Å²) < 4.78 is 31.6. The summed E-state index contributed by atoms with van der Waals surface area (Å²) in [7, 11) is -1.97. The number of methoxy groups -OCH3 is 1. The van der Waals surface area contributed by atoms with Gasteiger partial charge in [-0.3, -0.25) is 5.10 Å². The molecule has 1 aromatic rings. The maximum absolute atomic E-state index is 12.6. The molecule has 1 aliphatic heterocycles. The molecule has 0 unspecified atom stereocenters. The van der Waals surface area contributed by atoms with Gasteiger partial charge in [-0.1, -0.05) is 6.08 Å². The van der Waals surface area contributed by atoms with Crippen molar-refractivity contribution in [1.82, 2.24) is 14.5 Å². The smallest absolute Gasteiger partial charge is 0.263 e. The molecule has 7 nitrogen and oxygen atoms in total. The average molecular weight is 300 g/mol. The first-order chi connectivity index (χ1) is 9.50. The maximum Gasteiger partial charge on any atom is 0.263 e. The van der Waals surface area contributed by atoms with E-state index in [1.807, 2.05) is 6.08 Å². The maximum atomic E-state index is 12.6. The van der Waals surface area contributed by atoms with E-state index in [4.69, 9.17) is 10.5 Å². The number of aromatic nitrogens is 2. The van der Waals surface area contributed by atoms with Gasteiger partial charge in [-0.15, -0.1) is 0 Å². The van der Waals surface area contributed by atoms with Crippen molar-refractivity contribution in [2.75, 3.05) is 26.8 Å². The minimum Gasteiger partial charge on any atom is -0.380 e. The van der Waals surface area contributed by atoms with Gasteiger partial charge in [0.2, 0.25) is 0 Å². The zero-order valence-corrected chi connectivity index (χ0v) is 12.5. The lowest BCUT2D eigenvalue weighted by Crippen LogP contribution is -2.36. The van der Waals surface area contributed by atoms with Crippen molar-refractivity contribution in [3.05, 3.63) is 22.9 Å². The molecule has 20 heavy (non-hydrogen) atoms. The fraction of sp³-hybridized carbons (Fsp3) is 0.583. The first-order valence-corrected chi connectivity index (χ1v) is 7.85. The normalized spacial score (nSPS) is 17.2. The number of sulfonamides is 1. The predicted molar refractivity (Wildman–Crippen MR) is 74.6 cm³/mol. The van der Waals surface area contributed by atoms with E-state index >= 15 is 0 Å². The minimum atomic E-state index is -3.60. The third-order valence-corrected chi connectivity index (χ3v) is 5.26. The number of aromatic amines is 1. The van der Waals surface area contributed by atoms with E-state index in [1.165, 1.54) is 4.31 Å². The standard InChI is InChI=1S/C12H20N4O3S/c1-9-11(7-13)12(15-14-9)20(17,18)16-5-3-10(4-6-16)8-19-2/h3H,4-8,13H2,1-2H3,(H,14,15).